The molecule has 0 aliphatic carbocycles. The number of aryl methyl sites for hydroxylation is 2. The van der Waals surface area contributed by atoms with Crippen LogP contribution in [0.15, 0.2) is 0 Å². The zero-order valence-electron chi connectivity index (χ0n) is 12.3. The van der Waals surface area contributed by atoms with Gasteiger partial charge in [-0.2, -0.15) is 5.10 Å². The average Bonchev–Trinajstić information content (AvgIpc) is 3.01. The first-order valence-electron chi connectivity index (χ1n) is 7.37. The molecule has 0 aromatic carbocycles. The topological polar surface area (TPSA) is 33.5 Å². The summed E-state index contributed by atoms with van der Waals surface area (Å²) in [4.78, 5) is 5.07. The Morgan fingerprint density at radius 2 is 2.05 bits per heavy atom. The van der Waals surface area contributed by atoms with Crippen molar-refractivity contribution in [3.8, 4) is 0 Å². The Labute approximate surface area is 125 Å². The van der Waals surface area contributed by atoms with Gasteiger partial charge in [0.05, 0.1) is 18.9 Å². The summed E-state index contributed by atoms with van der Waals surface area (Å²) < 4.78 is 7.20. The highest BCUT2D eigenvalue weighted by Gasteiger charge is 2.29. The van der Waals surface area contributed by atoms with Crippen molar-refractivity contribution < 1.29 is 4.74 Å². The summed E-state index contributed by atoms with van der Waals surface area (Å²) in [6, 6.07) is 0.676. The lowest BCUT2D eigenvalue weighted by atomic mass is 10.2. The highest BCUT2D eigenvalue weighted by Crippen LogP contribution is 2.24. The van der Waals surface area contributed by atoms with Gasteiger partial charge in [-0.3, -0.25) is 14.5 Å². The van der Waals surface area contributed by atoms with E-state index in [1.54, 1.807) is 4.68 Å². The van der Waals surface area contributed by atoms with Gasteiger partial charge >= 0.3 is 0 Å². The van der Waals surface area contributed by atoms with Gasteiger partial charge in [-0.15, -0.1) is 0 Å². The molecule has 112 valence electrons. The van der Waals surface area contributed by atoms with Crippen molar-refractivity contribution in [3.63, 3.8) is 0 Å². The molecule has 0 N–H and O–H groups in total. The van der Waals surface area contributed by atoms with Gasteiger partial charge in [0.15, 0.2) is 0 Å². The maximum absolute atomic E-state index is 6.32. The maximum atomic E-state index is 6.32. The molecule has 2 aliphatic rings. The summed E-state index contributed by atoms with van der Waals surface area (Å²) in [6.07, 6.45) is 1.25. The van der Waals surface area contributed by atoms with Gasteiger partial charge in [-0.05, 0) is 13.3 Å². The quantitative estimate of drug-likeness (QED) is 0.842. The Morgan fingerprint density at radius 1 is 1.30 bits per heavy atom. The monoisotopic (exact) mass is 298 g/mol. The number of hydrogen-bond donors (Lipinski definition) is 0. The lowest BCUT2D eigenvalue weighted by Crippen LogP contribution is -2.44. The van der Waals surface area contributed by atoms with Crippen molar-refractivity contribution >= 4 is 11.6 Å². The van der Waals surface area contributed by atoms with Crippen LogP contribution < -0.4 is 0 Å². The highest BCUT2D eigenvalue weighted by molar-refractivity contribution is 6.30. The summed E-state index contributed by atoms with van der Waals surface area (Å²) in [7, 11) is 1.90. The van der Waals surface area contributed by atoms with E-state index in [2.05, 4.69) is 14.9 Å². The van der Waals surface area contributed by atoms with Gasteiger partial charge < -0.3 is 4.74 Å². The van der Waals surface area contributed by atoms with Crippen LogP contribution in [-0.4, -0.2) is 65.0 Å². The number of ether oxygens (including phenoxy) is 1. The average molecular weight is 299 g/mol. The zero-order chi connectivity index (χ0) is 14.1. The first-order valence-corrected chi connectivity index (χ1v) is 7.75. The minimum atomic E-state index is 0.676. The van der Waals surface area contributed by atoms with E-state index >= 15 is 0 Å². The number of halogens is 1. The second kappa shape index (κ2) is 6.02. The van der Waals surface area contributed by atoms with Gasteiger partial charge in [0.1, 0.15) is 5.15 Å². The second-order valence-corrected chi connectivity index (χ2v) is 6.16. The number of nitrogens with zero attached hydrogens (tertiary/aromatic N) is 4. The van der Waals surface area contributed by atoms with Crippen LogP contribution in [-0.2, 0) is 18.3 Å². The Morgan fingerprint density at radius 3 is 2.70 bits per heavy atom. The van der Waals surface area contributed by atoms with Crippen molar-refractivity contribution in [2.24, 2.45) is 7.05 Å². The molecule has 0 spiro atoms. The third-order valence-electron chi connectivity index (χ3n) is 4.46. The molecule has 2 saturated heterocycles. The molecule has 3 rings (SSSR count). The number of aromatic nitrogens is 2. The number of likely N-dealkylation sites (tertiary alicyclic amines) is 1. The summed E-state index contributed by atoms with van der Waals surface area (Å²) in [5.41, 5.74) is 2.23. The summed E-state index contributed by atoms with van der Waals surface area (Å²) in [5.74, 6) is 0. The molecule has 1 atom stereocenters. The Balaban J connectivity index is 1.60. The molecule has 2 fully saturated rings. The second-order valence-electron chi connectivity index (χ2n) is 5.80. The Kier molecular flexibility index (Phi) is 4.31. The van der Waals surface area contributed by atoms with Crippen LogP contribution in [0.1, 0.15) is 17.7 Å². The van der Waals surface area contributed by atoms with E-state index in [9.17, 15) is 0 Å². The predicted molar refractivity (Wildman–Crippen MR) is 79.0 cm³/mol. The first-order chi connectivity index (χ1) is 9.65. The van der Waals surface area contributed by atoms with Crippen molar-refractivity contribution in [1.29, 1.82) is 0 Å². The molecule has 3 heterocycles. The maximum Gasteiger partial charge on any atom is 0.131 e. The minimum Gasteiger partial charge on any atom is -0.379 e. The molecule has 5 nitrogen and oxygen atoms in total. The fourth-order valence-corrected chi connectivity index (χ4v) is 3.51. The van der Waals surface area contributed by atoms with Gasteiger partial charge in [0.25, 0.3) is 0 Å². The molecule has 0 radical (unpaired) electrons. The third kappa shape index (κ3) is 2.86. The molecule has 0 saturated carbocycles. The van der Waals surface area contributed by atoms with Crippen molar-refractivity contribution in [2.75, 3.05) is 39.4 Å². The molecule has 0 amide bonds. The van der Waals surface area contributed by atoms with Crippen LogP contribution in [0.2, 0.25) is 5.15 Å². The van der Waals surface area contributed by atoms with Gasteiger partial charge in [-0.25, -0.2) is 0 Å². The minimum absolute atomic E-state index is 0.676. The van der Waals surface area contributed by atoms with E-state index in [4.69, 9.17) is 16.3 Å². The number of morpholine rings is 1. The molecular formula is C14H23ClN4O. The molecule has 2 aliphatic heterocycles. The fourth-order valence-electron chi connectivity index (χ4n) is 3.27. The van der Waals surface area contributed by atoms with Gasteiger partial charge in [0.2, 0.25) is 0 Å². The Bertz CT molecular complexity index is 470. The highest BCUT2D eigenvalue weighted by atomic mass is 35.5. The molecule has 6 heteroatoms. The van der Waals surface area contributed by atoms with Crippen LogP contribution >= 0.6 is 11.6 Å². The van der Waals surface area contributed by atoms with Crippen LogP contribution in [0.5, 0.6) is 0 Å². The third-order valence-corrected chi connectivity index (χ3v) is 4.93. The lowest BCUT2D eigenvalue weighted by molar-refractivity contribution is 0.0184. The largest absolute Gasteiger partial charge is 0.379 e. The predicted octanol–water partition coefficient (Wildman–Crippen LogP) is 1.29. The summed E-state index contributed by atoms with van der Waals surface area (Å²) >= 11 is 6.32. The lowest BCUT2D eigenvalue weighted by Gasteiger charge is -2.32. The summed E-state index contributed by atoms with van der Waals surface area (Å²) in [6.45, 7) is 9.14. The first kappa shape index (κ1) is 14.3. The van der Waals surface area contributed by atoms with Crippen LogP contribution in [0.3, 0.4) is 0 Å². The molecule has 1 aromatic heterocycles. The molecule has 1 unspecified atom stereocenters. The van der Waals surface area contributed by atoms with E-state index in [1.807, 2.05) is 14.0 Å². The Hall–Kier alpha value is -0.620. The van der Waals surface area contributed by atoms with E-state index in [0.29, 0.717) is 6.04 Å². The van der Waals surface area contributed by atoms with Gasteiger partial charge in [0, 0.05) is 51.4 Å². The van der Waals surface area contributed by atoms with Gasteiger partial charge in [-0.1, -0.05) is 11.6 Å². The van der Waals surface area contributed by atoms with Crippen LogP contribution in [0.4, 0.5) is 0 Å². The van der Waals surface area contributed by atoms with E-state index < -0.39 is 0 Å². The van der Waals surface area contributed by atoms with E-state index in [0.717, 1.165) is 56.8 Å². The van der Waals surface area contributed by atoms with Crippen LogP contribution in [0, 0.1) is 6.92 Å². The van der Waals surface area contributed by atoms with Crippen molar-refractivity contribution in [3.05, 3.63) is 16.4 Å². The molecule has 1 aromatic rings. The molecule has 0 bridgehead atoms. The fraction of sp³-hybridized carbons (Fsp3) is 0.786. The van der Waals surface area contributed by atoms with E-state index in [-0.39, 0.29) is 0 Å². The van der Waals surface area contributed by atoms with Crippen LogP contribution in [0.25, 0.3) is 0 Å². The number of rotatable bonds is 3. The number of hydrogen-bond acceptors (Lipinski definition) is 4. The summed E-state index contributed by atoms with van der Waals surface area (Å²) in [5, 5.41) is 5.17. The SMILES string of the molecule is Cc1nn(C)c(Cl)c1CN1CCC(N2CCOCC2)C1. The van der Waals surface area contributed by atoms with E-state index in [1.165, 1.54) is 12.0 Å². The molecule has 20 heavy (non-hydrogen) atoms. The standard InChI is InChI=1S/C14H23ClN4O/c1-11-13(14(15)17(2)16-11)10-18-4-3-12(9-18)19-5-7-20-8-6-19/h12H,3-10H2,1-2H3. The van der Waals surface area contributed by atoms with Crippen molar-refractivity contribution in [2.45, 2.75) is 25.9 Å². The smallest absolute Gasteiger partial charge is 0.131 e. The normalized spacial score (nSPS) is 25.4. The molecular weight excluding hydrogens is 276 g/mol. The van der Waals surface area contributed by atoms with Crippen molar-refractivity contribution in [1.82, 2.24) is 19.6 Å². The zero-order valence-corrected chi connectivity index (χ0v) is 13.1.